The van der Waals surface area contributed by atoms with Crippen LogP contribution in [-0.2, 0) is 4.79 Å². The van der Waals surface area contributed by atoms with Crippen LogP contribution in [0, 0.1) is 6.92 Å². The maximum atomic E-state index is 12.3. The molecule has 0 spiro atoms. The normalized spacial score (nSPS) is 11.9. The van der Waals surface area contributed by atoms with Gasteiger partial charge in [0.05, 0.1) is 6.04 Å². The van der Waals surface area contributed by atoms with E-state index in [1.807, 2.05) is 42.5 Å². The van der Waals surface area contributed by atoms with Crippen molar-refractivity contribution in [3.63, 3.8) is 0 Å². The number of fused-ring (bicyclic) bond motifs is 1. The first-order chi connectivity index (χ1) is 12.2. The molecule has 1 amide bonds. The molecule has 3 aromatic carbocycles. The van der Waals surface area contributed by atoms with E-state index in [1.165, 1.54) is 5.56 Å². The van der Waals surface area contributed by atoms with Gasteiger partial charge in [0.2, 0.25) is 0 Å². The van der Waals surface area contributed by atoms with Gasteiger partial charge < -0.3 is 10.1 Å². The smallest absolute Gasteiger partial charge is 0.258 e. The second kappa shape index (κ2) is 7.84. The molecule has 0 heterocycles. The molecular formula is C22H23NO2. The van der Waals surface area contributed by atoms with Crippen LogP contribution in [0.1, 0.15) is 30.5 Å². The molecule has 1 unspecified atom stereocenters. The van der Waals surface area contributed by atoms with Crippen molar-refractivity contribution in [2.75, 3.05) is 6.61 Å². The third-order valence-corrected chi connectivity index (χ3v) is 4.33. The SMILES string of the molecule is CCC(NC(=O)COc1cccc2ccccc12)c1ccc(C)cc1. The molecule has 1 N–H and O–H groups in total. The number of aryl methyl sites for hydroxylation is 1. The predicted octanol–water partition coefficient (Wildman–Crippen LogP) is 4.79. The number of hydrogen-bond acceptors (Lipinski definition) is 2. The summed E-state index contributed by atoms with van der Waals surface area (Å²) in [7, 11) is 0. The van der Waals surface area contributed by atoms with Crippen molar-refractivity contribution in [1.29, 1.82) is 0 Å². The summed E-state index contributed by atoms with van der Waals surface area (Å²) in [6, 6.07) is 22.1. The molecule has 3 nitrogen and oxygen atoms in total. The Hall–Kier alpha value is -2.81. The Bertz CT molecular complexity index is 850. The van der Waals surface area contributed by atoms with E-state index in [0.717, 1.165) is 28.5 Å². The first kappa shape index (κ1) is 17.0. The molecule has 0 fully saturated rings. The highest BCUT2D eigenvalue weighted by Gasteiger charge is 2.13. The molecule has 3 aromatic rings. The molecule has 3 heteroatoms. The molecule has 0 aliphatic rings. The Kier molecular flexibility index (Phi) is 5.34. The van der Waals surface area contributed by atoms with Crippen LogP contribution >= 0.6 is 0 Å². The van der Waals surface area contributed by atoms with Crippen LogP contribution in [0.3, 0.4) is 0 Å². The fourth-order valence-electron chi connectivity index (χ4n) is 2.92. The van der Waals surface area contributed by atoms with E-state index in [9.17, 15) is 4.79 Å². The zero-order valence-corrected chi connectivity index (χ0v) is 14.7. The minimum Gasteiger partial charge on any atom is -0.483 e. The van der Waals surface area contributed by atoms with Crippen LogP contribution in [0.5, 0.6) is 5.75 Å². The third-order valence-electron chi connectivity index (χ3n) is 4.33. The minimum absolute atomic E-state index is 0.00391. The maximum absolute atomic E-state index is 12.3. The van der Waals surface area contributed by atoms with Crippen LogP contribution in [-0.4, -0.2) is 12.5 Å². The van der Waals surface area contributed by atoms with Gasteiger partial charge >= 0.3 is 0 Å². The lowest BCUT2D eigenvalue weighted by atomic mass is 10.0. The summed E-state index contributed by atoms with van der Waals surface area (Å²) in [6.07, 6.45) is 0.836. The Labute approximate surface area is 148 Å². The van der Waals surface area contributed by atoms with Gasteiger partial charge in [0.15, 0.2) is 6.61 Å². The van der Waals surface area contributed by atoms with Gasteiger partial charge in [0.1, 0.15) is 5.75 Å². The molecule has 0 aliphatic carbocycles. The molecule has 0 aliphatic heterocycles. The van der Waals surface area contributed by atoms with Gasteiger partial charge in [-0.2, -0.15) is 0 Å². The first-order valence-electron chi connectivity index (χ1n) is 8.64. The largest absolute Gasteiger partial charge is 0.483 e. The van der Waals surface area contributed by atoms with E-state index in [4.69, 9.17) is 4.74 Å². The first-order valence-corrected chi connectivity index (χ1v) is 8.64. The maximum Gasteiger partial charge on any atom is 0.258 e. The average Bonchev–Trinajstić information content (AvgIpc) is 2.65. The highest BCUT2D eigenvalue weighted by atomic mass is 16.5. The van der Waals surface area contributed by atoms with Crippen molar-refractivity contribution in [1.82, 2.24) is 5.32 Å². The Morgan fingerprint density at radius 1 is 1.00 bits per heavy atom. The lowest BCUT2D eigenvalue weighted by molar-refractivity contribution is -0.123. The van der Waals surface area contributed by atoms with Crippen LogP contribution < -0.4 is 10.1 Å². The van der Waals surface area contributed by atoms with Crippen LogP contribution in [0.2, 0.25) is 0 Å². The second-order valence-electron chi connectivity index (χ2n) is 6.20. The summed E-state index contributed by atoms with van der Waals surface area (Å²) in [4.78, 5) is 12.3. The molecule has 1 atom stereocenters. The number of nitrogens with one attached hydrogen (secondary N) is 1. The summed E-state index contributed by atoms with van der Waals surface area (Å²) < 4.78 is 5.77. The summed E-state index contributed by atoms with van der Waals surface area (Å²) in [5.74, 6) is 0.622. The molecule has 25 heavy (non-hydrogen) atoms. The molecule has 0 radical (unpaired) electrons. The molecule has 0 saturated carbocycles. The summed E-state index contributed by atoms with van der Waals surface area (Å²) in [5, 5.41) is 5.18. The number of amides is 1. The van der Waals surface area contributed by atoms with Crippen molar-refractivity contribution in [2.24, 2.45) is 0 Å². The highest BCUT2D eigenvalue weighted by Crippen LogP contribution is 2.25. The standard InChI is InChI=1S/C22H23NO2/c1-3-20(18-13-11-16(2)12-14-18)23-22(24)15-25-21-10-6-8-17-7-4-5-9-19(17)21/h4-14,20H,3,15H2,1-2H3,(H,23,24). The Morgan fingerprint density at radius 3 is 2.48 bits per heavy atom. The summed E-state index contributed by atoms with van der Waals surface area (Å²) in [6.45, 7) is 4.13. The second-order valence-corrected chi connectivity index (χ2v) is 6.20. The van der Waals surface area contributed by atoms with Crippen LogP contribution in [0.25, 0.3) is 10.8 Å². The van der Waals surface area contributed by atoms with Gasteiger partial charge in [-0.1, -0.05) is 73.2 Å². The van der Waals surface area contributed by atoms with Crippen LogP contribution in [0.15, 0.2) is 66.7 Å². The molecule has 0 bridgehead atoms. The average molecular weight is 333 g/mol. The van der Waals surface area contributed by atoms with E-state index >= 15 is 0 Å². The van der Waals surface area contributed by atoms with Gasteiger partial charge in [-0.25, -0.2) is 0 Å². The molecule has 3 rings (SSSR count). The van der Waals surface area contributed by atoms with Gasteiger partial charge in [-0.05, 0) is 30.4 Å². The van der Waals surface area contributed by atoms with E-state index in [0.29, 0.717) is 0 Å². The highest BCUT2D eigenvalue weighted by molar-refractivity contribution is 5.88. The van der Waals surface area contributed by atoms with Gasteiger partial charge in [-0.15, -0.1) is 0 Å². The van der Waals surface area contributed by atoms with Gasteiger partial charge in [0.25, 0.3) is 5.91 Å². The number of rotatable bonds is 6. The number of benzene rings is 3. The number of ether oxygens (including phenoxy) is 1. The molecular weight excluding hydrogens is 310 g/mol. The molecule has 128 valence electrons. The quantitative estimate of drug-likeness (QED) is 0.704. The zero-order chi connectivity index (χ0) is 17.6. The van der Waals surface area contributed by atoms with Gasteiger partial charge in [-0.3, -0.25) is 4.79 Å². The van der Waals surface area contributed by atoms with E-state index < -0.39 is 0 Å². The van der Waals surface area contributed by atoms with E-state index in [-0.39, 0.29) is 18.6 Å². The van der Waals surface area contributed by atoms with E-state index in [2.05, 4.69) is 43.4 Å². The van der Waals surface area contributed by atoms with E-state index in [1.54, 1.807) is 0 Å². The number of hydrogen-bond donors (Lipinski definition) is 1. The summed E-state index contributed by atoms with van der Waals surface area (Å²) >= 11 is 0. The van der Waals surface area contributed by atoms with Crippen molar-refractivity contribution in [2.45, 2.75) is 26.3 Å². The van der Waals surface area contributed by atoms with Crippen molar-refractivity contribution in [3.05, 3.63) is 77.9 Å². The lowest BCUT2D eigenvalue weighted by Gasteiger charge is -2.18. The van der Waals surface area contributed by atoms with Crippen LogP contribution in [0.4, 0.5) is 0 Å². The lowest BCUT2D eigenvalue weighted by Crippen LogP contribution is -2.32. The zero-order valence-electron chi connectivity index (χ0n) is 14.7. The molecule has 0 saturated heterocycles. The minimum atomic E-state index is -0.111. The number of carbonyl (C=O) groups is 1. The number of carbonyl (C=O) groups excluding carboxylic acids is 1. The molecule has 0 aromatic heterocycles. The Morgan fingerprint density at radius 2 is 1.72 bits per heavy atom. The topological polar surface area (TPSA) is 38.3 Å². The Balaban J connectivity index is 1.64. The monoisotopic (exact) mass is 333 g/mol. The fourth-order valence-corrected chi connectivity index (χ4v) is 2.92. The summed E-state index contributed by atoms with van der Waals surface area (Å²) in [5.41, 5.74) is 2.33. The van der Waals surface area contributed by atoms with Crippen molar-refractivity contribution in [3.8, 4) is 5.75 Å². The third kappa shape index (κ3) is 4.18. The fraction of sp³-hybridized carbons (Fsp3) is 0.227. The van der Waals surface area contributed by atoms with Gasteiger partial charge in [0, 0.05) is 5.39 Å². The predicted molar refractivity (Wildman–Crippen MR) is 102 cm³/mol. The van der Waals surface area contributed by atoms with Crippen molar-refractivity contribution >= 4 is 16.7 Å². The van der Waals surface area contributed by atoms with Crippen molar-refractivity contribution < 1.29 is 9.53 Å².